The van der Waals surface area contributed by atoms with Gasteiger partial charge in [0, 0.05) is 20.3 Å². The first-order chi connectivity index (χ1) is 17.2. The standard InChI is InChI=1S/C30H44N2O4/c1-8-25(17-22(5)23(6)33)29(20(2)3)32-28-18-24(14-13-21(28)4)19-31-27(15-16-35-7)30(34)36-26-11-9-10-12-26/h8,13-14,17-18,20,26-27,31H,9-12,15-16,19H2,1-7H3/b22-17-,25-8+,32-29?. The summed E-state index contributed by atoms with van der Waals surface area (Å²) < 4.78 is 11.0. The summed E-state index contributed by atoms with van der Waals surface area (Å²) in [7, 11) is 1.64. The number of ether oxygens (including phenoxy) is 2. The van der Waals surface area contributed by atoms with Gasteiger partial charge in [0.25, 0.3) is 0 Å². The third kappa shape index (κ3) is 9.14. The van der Waals surface area contributed by atoms with Crippen LogP contribution in [0.4, 0.5) is 5.69 Å². The van der Waals surface area contributed by atoms with Gasteiger partial charge in [0.1, 0.15) is 12.1 Å². The molecule has 36 heavy (non-hydrogen) atoms. The molecule has 0 radical (unpaired) electrons. The Hall–Kier alpha value is -2.57. The lowest BCUT2D eigenvalue weighted by atomic mass is 9.96. The second-order valence-electron chi connectivity index (χ2n) is 9.96. The molecule has 1 aromatic carbocycles. The maximum atomic E-state index is 12.8. The summed E-state index contributed by atoms with van der Waals surface area (Å²) in [6.07, 6.45) is 8.67. The van der Waals surface area contributed by atoms with Gasteiger partial charge in [-0.15, -0.1) is 0 Å². The number of aryl methyl sites for hydroxylation is 1. The van der Waals surface area contributed by atoms with Crippen LogP contribution >= 0.6 is 0 Å². The molecule has 6 heteroatoms. The summed E-state index contributed by atoms with van der Waals surface area (Å²) in [6.45, 7) is 12.6. The Morgan fingerprint density at radius 1 is 1.19 bits per heavy atom. The van der Waals surface area contributed by atoms with Crippen molar-refractivity contribution in [2.45, 2.75) is 92.3 Å². The maximum Gasteiger partial charge on any atom is 0.323 e. The lowest BCUT2D eigenvalue weighted by Gasteiger charge is -2.20. The number of rotatable bonds is 13. The van der Waals surface area contributed by atoms with Crippen LogP contribution in [0.1, 0.15) is 77.8 Å². The number of Topliss-reactive ketones (excluding diaryl/α,β-unsaturated/α-hetero) is 1. The molecule has 1 saturated carbocycles. The molecular formula is C30H44N2O4. The van der Waals surface area contributed by atoms with E-state index in [-0.39, 0.29) is 23.8 Å². The first-order valence-corrected chi connectivity index (χ1v) is 13.1. The van der Waals surface area contributed by atoms with E-state index in [1.165, 1.54) is 0 Å². The second-order valence-corrected chi connectivity index (χ2v) is 9.96. The summed E-state index contributed by atoms with van der Waals surface area (Å²) in [5.41, 5.74) is 5.58. The highest BCUT2D eigenvalue weighted by molar-refractivity contribution is 6.07. The van der Waals surface area contributed by atoms with Crippen molar-refractivity contribution in [3.8, 4) is 0 Å². The average Bonchev–Trinajstić information content (AvgIpc) is 3.35. The van der Waals surface area contributed by atoms with Crippen LogP contribution in [-0.4, -0.2) is 43.3 Å². The summed E-state index contributed by atoms with van der Waals surface area (Å²) in [4.78, 5) is 29.6. The van der Waals surface area contributed by atoms with Gasteiger partial charge < -0.3 is 14.8 Å². The third-order valence-electron chi connectivity index (χ3n) is 6.63. The summed E-state index contributed by atoms with van der Waals surface area (Å²) in [5, 5.41) is 3.38. The van der Waals surface area contributed by atoms with E-state index in [0.29, 0.717) is 25.1 Å². The molecule has 2 rings (SSSR count). The Balaban J connectivity index is 2.24. The number of methoxy groups -OCH3 is 1. The van der Waals surface area contributed by atoms with Crippen LogP contribution < -0.4 is 5.32 Å². The smallest absolute Gasteiger partial charge is 0.323 e. The van der Waals surface area contributed by atoms with E-state index in [1.54, 1.807) is 14.0 Å². The van der Waals surface area contributed by atoms with Gasteiger partial charge in [-0.05, 0) is 100 Å². The molecule has 1 N–H and O–H groups in total. The van der Waals surface area contributed by atoms with Crippen molar-refractivity contribution in [1.29, 1.82) is 0 Å². The van der Waals surface area contributed by atoms with Crippen molar-refractivity contribution in [3.05, 3.63) is 52.6 Å². The minimum atomic E-state index is -0.417. The molecule has 1 atom stereocenters. The third-order valence-corrected chi connectivity index (χ3v) is 6.63. The molecule has 198 valence electrons. The highest BCUT2D eigenvalue weighted by Gasteiger charge is 2.25. The topological polar surface area (TPSA) is 77.0 Å². The van der Waals surface area contributed by atoms with E-state index in [2.05, 4.69) is 37.4 Å². The number of ketones is 1. The van der Waals surface area contributed by atoms with Crippen LogP contribution in [0, 0.1) is 12.8 Å². The van der Waals surface area contributed by atoms with E-state index in [1.807, 2.05) is 32.9 Å². The molecule has 0 amide bonds. The Morgan fingerprint density at radius 3 is 2.47 bits per heavy atom. The van der Waals surface area contributed by atoms with Gasteiger partial charge in [-0.3, -0.25) is 14.6 Å². The summed E-state index contributed by atoms with van der Waals surface area (Å²) in [5.74, 6) is 0.0325. The lowest BCUT2D eigenvalue weighted by Crippen LogP contribution is -2.40. The molecule has 0 aliphatic heterocycles. The molecule has 1 unspecified atom stereocenters. The van der Waals surface area contributed by atoms with E-state index < -0.39 is 6.04 Å². The Labute approximate surface area is 217 Å². The van der Waals surface area contributed by atoms with Gasteiger partial charge in [-0.2, -0.15) is 0 Å². The van der Waals surface area contributed by atoms with E-state index in [4.69, 9.17) is 14.5 Å². The van der Waals surface area contributed by atoms with Crippen LogP contribution in [-0.2, 0) is 25.6 Å². The Bertz CT molecular complexity index is 985. The largest absolute Gasteiger partial charge is 0.461 e. The molecule has 1 aliphatic rings. The SMILES string of the molecule is C/C=C(\C=C(\C)C(C)=O)C(=Nc1cc(CNC(CCOC)C(=O)OC2CCCC2)ccc1C)C(C)C. The van der Waals surface area contributed by atoms with Gasteiger partial charge in [-0.1, -0.05) is 32.1 Å². The zero-order chi connectivity index (χ0) is 26.7. The number of aliphatic imine (C=N–C) groups is 1. The quantitative estimate of drug-likeness (QED) is 0.153. The predicted molar refractivity (Wildman–Crippen MR) is 147 cm³/mol. The van der Waals surface area contributed by atoms with Crippen LogP contribution in [0.15, 0.2) is 46.5 Å². The van der Waals surface area contributed by atoms with Gasteiger partial charge in [-0.25, -0.2) is 0 Å². The number of hydrogen-bond donors (Lipinski definition) is 1. The van der Waals surface area contributed by atoms with Gasteiger partial charge in [0.05, 0.1) is 11.4 Å². The highest BCUT2D eigenvalue weighted by atomic mass is 16.5. The zero-order valence-corrected chi connectivity index (χ0v) is 23.1. The molecule has 1 fully saturated rings. The van der Waals surface area contributed by atoms with E-state index in [9.17, 15) is 9.59 Å². The van der Waals surface area contributed by atoms with Crippen molar-refractivity contribution in [2.24, 2.45) is 10.9 Å². The lowest BCUT2D eigenvalue weighted by molar-refractivity contribution is -0.151. The van der Waals surface area contributed by atoms with Crippen LogP contribution in [0.3, 0.4) is 0 Å². The number of carbonyl (C=O) groups excluding carboxylic acids is 2. The van der Waals surface area contributed by atoms with Crippen molar-refractivity contribution in [2.75, 3.05) is 13.7 Å². The number of nitrogens with zero attached hydrogens (tertiary/aromatic N) is 1. The molecule has 0 spiro atoms. The molecule has 6 nitrogen and oxygen atoms in total. The molecule has 0 heterocycles. The fraction of sp³-hybridized carbons (Fsp3) is 0.567. The highest BCUT2D eigenvalue weighted by Crippen LogP contribution is 2.25. The minimum Gasteiger partial charge on any atom is -0.461 e. The number of esters is 1. The fourth-order valence-electron chi connectivity index (χ4n) is 4.21. The van der Waals surface area contributed by atoms with Crippen LogP contribution in [0.2, 0.25) is 0 Å². The normalized spacial score (nSPS) is 16.5. The molecule has 1 aromatic rings. The second kappa shape index (κ2) is 14.9. The van der Waals surface area contributed by atoms with Crippen molar-refractivity contribution >= 4 is 23.2 Å². The van der Waals surface area contributed by atoms with Gasteiger partial charge in [0.15, 0.2) is 5.78 Å². The number of allylic oxidation sites excluding steroid dienone is 4. The van der Waals surface area contributed by atoms with Crippen LogP contribution in [0.25, 0.3) is 0 Å². The van der Waals surface area contributed by atoms with E-state index in [0.717, 1.165) is 53.8 Å². The maximum absolute atomic E-state index is 12.8. The zero-order valence-electron chi connectivity index (χ0n) is 23.1. The molecular weight excluding hydrogens is 452 g/mol. The number of hydrogen-bond acceptors (Lipinski definition) is 6. The monoisotopic (exact) mass is 496 g/mol. The summed E-state index contributed by atoms with van der Waals surface area (Å²) in [6, 6.07) is 5.76. The van der Waals surface area contributed by atoms with Crippen LogP contribution in [0.5, 0.6) is 0 Å². The molecule has 0 bridgehead atoms. The summed E-state index contributed by atoms with van der Waals surface area (Å²) >= 11 is 0. The molecule has 1 aliphatic carbocycles. The predicted octanol–water partition coefficient (Wildman–Crippen LogP) is 6.19. The molecule has 0 aromatic heterocycles. The van der Waals surface area contributed by atoms with Crippen molar-refractivity contribution in [1.82, 2.24) is 5.32 Å². The Kier molecular flexibility index (Phi) is 12.2. The Morgan fingerprint density at radius 2 is 1.89 bits per heavy atom. The van der Waals surface area contributed by atoms with Crippen molar-refractivity contribution in [3.63, 3.8) is 0 Å². The fourth-order valence-corrected chi connectivity index (χ4v) is 4.21. The number of carbonyl (C=O) groups is 2. The minimum absolute atomic E-state index is 0.0422. The van der Waals surface area contributed by atoms with Gasteiger partial charge in [0.2, 0.25) is 0 Å². The van der Waals surface area contributed by atoms with E-state index >= 15 is 0 Å². The first-order valence-electron chi connectivity index (χ1n) is 13.1. The first kappa shape index (κ1) is 29.7. The average molecular weight is 497 g/mol. The number of benzene rings is 1. The van der Waals surface area contributed by atoms with Gasteiger partial charge >= 0.3 is 5.97 Å². The molecule has 0 saturated heterocycles. The number of nitrogens with one attached hydrogen (secondary N) is 1. The van der Waals surface area contributed by atoms with Crippen molar-refractivity contribution < 1.29 is 19.1 Å².